The smallest absolute Gasteiger partial charge is 0.333 e. The Morgan fingerprint density at radius 3 is 2.71 bits per heavy atom. The van der Waals surface area contributed by atoms with Crippen LogP contribution in [-0.4, -0.2) is 51.7 Å². The molecule has 35 heavy (non-hydrogen) atoms. The molecule has 2 bridgehead atoms. The standard InChI is InChI=1S/C24H28N4O6S/c1-4-18-22(31)28-19(5-2)24(33)34-17(10-6-7-12-35-15(3)29)13-21(30)25-14-16-9-8-11-20(26-16)23(32)27-18/h4-6,8-11,17,19H,2,7,12-14H2,1,3H3,(H,25,30)(H,27,32)(H,28,31)/b10-6+,18-4-/t17-,19?/m1/s1. The maximum atomic E-state index is 12.7. The zero-order chi connectivity index (χ0) is 25.8. The molecule has 0 radical (unpaired) electrons. The summed E-state index contributed by atoms with van der Waals surface area (Å²) >= 11 is 1.16. The van der Waals surface area contributed by atoms with Crippen molar-refractivity contribution in [2.45, 2.75) is 45.4 Å². The average molecular weight is 501 g/mol. The molecule has 0 aliphatic carbocycles. The monoisotopic (exact) mass is 500 g/mol. The van der Waals surface area contributed by atoms with E-state index < -0.39 is 35.8 Å². The van der Waals surface area contributed by atoms with Crippen molar-refractivity contribution in [3.8, 4) is 0 Å². The van der Waals surface area contributed by atoms with Gasteiger partial charge in [-0.1, -0.05) is 36.1 Å². The molecule has 2 atom stereocenters. The minimum atomic E-state index is -1.23. The number of pyridine rings is 1. The fourth-order valence-corrected chi connectivity index (χ4v) is 3.46. The number of hydrogen-bond acceptors (Lipinski definition) is 8. The molecule has 0 saturated heterocycles. The normalized spacial score (nSPS) is 21.1. The summed E-state index contributed by atoms with van der Waals surface area (Å²) in [6, 6.07) is 3.50. The third-order valence-corrected chi connectivity index (χ3v) is 5.50. The number of allylic oxidation sites excluding steroid dienone is 2. The molecule has 1 aromatic heterocycles. The Balaban J connectivity index is 2.29. The molecule has 10 nitrogen and oxygen atoms in total. The van der Waals surface area contributed by atoms with E-state index in [-0.39, 0.29) is 29.5 Å². The molecule has 1 aliphatic rings. The van der Waals surface area contributed by atoms with Crippen LogP contribution in [0.4, 0.5) is 0 Å². The molecule has 0 spiro atoms. The molecule has 3 N–H and O–H groups in total. The maximum Gasteiger partial charge on any atom is 0.333 e. The van der Waals surface area contributed by atoms with Crippen LogP contribution in [0, 0.1) is 0 Å². The van der Waals surface area contributed by atoms with Gasteiger partial charge in [0, 0.05) is 12.7 Å². The average Bonchev–Trinajstić information content (AvgIpc) is 2.83. The van der Waals surface area contributed by atoms with Crippen molar-refractivity contribution in [3.63, 3.8) is 0 Å². The lowest BCUT2D eigenvalue weighted by Crippen LogP contribution is -2.45. The predicted molar refractivity (Wildman–Crippen MR) is 131 cm³/mol. The second kappa shape index (κ2) is 13.9. The van der Waals surface area contributed by atoms with Crippen LogP contribution in [0.1, 0.15) is 42.9 Å². The number of amides is 3. The lowest BCUT2D eigenvalue weighted by atomic mass is 10.2. The second-order valence-corrected chi connectivity index (χ2v) is 8.64. The maximum absolute atomic E-state index is 12.7. The number of cyclic esters (lactones) is 1. The van der Waals surface area contributed by atoms with Crippen molar-refractivity contribution in [2.75, 3.05) is 5.75 Å². The van der Waals surface area contributed by atoms with Gasteiger partial charge < -0.3 is 20.7 Å². The van der Waals surface area contributed by atoms with Crippen LogP contribution in [0.2, 0.25) is 0 Å². The van der Waals surface area contributed by atoms with Gasteiger partial charge in [0.15, 0.2) is 5.12 Å². The summed E-state index contributed by atoms with van der Waals surface area (Å²) < 4.78 is 5.47. The van der Waals surface area contributed by atoms with E-state index in [4.69, 9.17) is 4.74 Å². The number of aromatic nitrogens is 1. The molecule has 0 saturated carbocycles. The zero-order valence-corrected chi connectivity index (χ0v) is 20.4. The first-order valence-electron chi connectivity index (χ1n) is 10.9. The van der Waals surface area contributed by atoms with Crippen molar-refractivity contribution in [1.29, 1.82) is 0 Å². The van der Waals surface area contributed by atoms with Gasteiger partial charge in [-0.15, -0.1) is 6.58 Å². The molecule has 0 aromatic carbocycles. The van der Waals surface area contributed by atoms with Crippen molar-refractivity contribution >= 4 is 40.6 Å². The van der Waals surface area contributed by atoms with E-state index in [9.17, 15) is 24.0 Å². The second-order valence-electron chi connectivity index (χ2n) is 7.37. The third kappa shape index (κ3) is 9.20. The molecule has 2 heterocycles. The van der Waals surface area contributed by atoms with Gasteiger partial charge in [0.2, 0.25) is 5.91 Å². The largest absolute Gasteiger partial charge is 0.456 e. The Hall–Kier alpha value is -3.73. The molecule has 2 rings (SSSR count). The van der Waals surface area contributed by atoms with Gasteiger partial charge in [0.05, 0.1) is 18.7 Å². The van der Waals surface area contributed by atoms with Crippen molar-refractivity contribution in [2.24, 2.45) is 0 Å². The highest BCUT2D eigenvalue weighted by molar-refractivity contribution is 8.13. The van der Waals surface area contributed by atoms with Gasteiger partial charge in [-0.3, -0.25) is 19.2 Å². The minimum absolute atomic E-state index is 0.00662. The minimum Gasteiger partial charge on any atom is -0.456 e. The molecule has 186 valence electrons. The number of esters is 1. The summed E-state index contributed by atoms with van der Waals surface area (Å²) in [5.74, 6) is -2.04. The van der Waals surface area contributed by atoms with Crippen LogP contribution in [0.3, 0.4) is 0 Å². The third-order valence-electron chi connectivity index (χ3n) is 4.66. The Labute approximate surface area is 207 Å². The number of nitrogens with zero attached hydrogens (tertiary/aromatic N) is 1. The van der Waals surface area contributed by atoms with Crippen LogP contribution in [0.5, 0.6) is 0 Å². The van der Waals surface area contributed by atoms with Crippen LogP contribution >= 0.6 is 11.8 Å². The summed E-state index contributed by atoms with van der Waals surface area (Å²) in [4.78, 5) is 65.8. The first-order valence-corrected chi connectivity index (χ1v) is 11.9. The van der Waals surface area contributed by atoms with Crippen LogP contribution in [0.25, 0.3) is 0 Å². The number of nitrogens with one attached hydrogen (secondary N) is 3. The van der Waals surface area contributed by atoms with Crippen LogP contribution < -0.4 is 16.0 Å². The number of carbonyl (C=O) groups is 5. The van der Waals surface area contributed by atoms with Crippen molar-refractivity contribution in [1.82, 2.24) is 20.9 Å². The molecule has 11 heteroatoms. The molecular weight excluding hydrogens is 472 g/mol. The summed E-state index contributed by atoms with van der Waals surface area (Å²) in [6.45, 7) is 6.64. The van der Waals surface area contributed by atoms with E-state index in [2.05, 4.69) is 27.5 Å². The Bertz CT molecular complexity index is 1050. The van der Waals surface area contributed by atoms with Crippen molar-refractivity contribution < 1.29 is 28.7 Å². The number of hydrogen-bond donors (Lipinski definition) is 3. The van der Waals surface area contributed by atoms with Crippen LogP contribution in [-0.2, 0) is 30.5 Å². The van der Waals surface area contributed by atoms with E-state index in [0.717, 1.165) is 11.8 Å². The van der Waals surface area contributed by atoms with Gasteiger partial charge in [0.25, 0.3) is 11.8 Å². The Morgan fingerprint density at radius 2 is 2.03 bits per heavy atom. The molecule has 1 aromatic rings. The topological polar surface area (TPSA) is 144 Å². The molecule has 1 unspecified atom stereocenters. The quantitative estimate of drug-likeness (QED) is 0.239. The molecule has 1 aliphatic heterocycles. The summed E-state index contributed by atoms with van der Waals surface area (Å²) in [7, 11) is 0. The highest BCUT2D eigenvalue weighted by Gasteiger charge is 2.25. The van der Waals surface area contributed by atoms with E-state index in [1.165, 1.54) is 25.1 Å². The fraction of sp³-hybridized carbons (Fsp3) is 0.333. The molecule has 3 amide bonds. The first-order chi connectivity index (χ1) is 16.7. The van der Waals surface area contributed by atoms with Gasteiger partial charge in [0.1, 0.15) is 23.5 Å². The van der Waals surface area contributed by atoms with E-state index in [0.29, 0.717) is 17.9 Å². The number of carbonyl (C=O) groups excluding carboxylic acids is 5. The summed E-state index contributed by atoms with van der Waals surface area (Å²) in [5.41, 5.74) is 0.406. The Morgan fingerprint density at radius 1 is 1.26 bits per heavy atom. The fourth-order valence-electron chi connectivity index (χ4n) is 2.92. The van der Waals surface area contributed by atoms with Gasteiger partial charge in [-0.25, -0.2) is 9.78 Å². The number of ether oxygens (including phenoxy) is 1. The number of thioether (sulfide) groups is 1. The Kier molecular flexibility index (Phi) is 10.9. The van der Waals surface area contributed by atoms with Crippen LogP contribution in [0.15, 0.2) is 54.8 Å². The molecule has 0 fully saturated rings. The predicted octanol–water partition coefficient (Wildman–Crippen LogP) is 1.54. The lowest BCUT2D eigenvalue weighted by Gasteiger charge is -2.20. The lowest BCUT2D eigenvalue weighted by molar-refractivity contribution is -0.150. The van der Waals surface area contributed by atoms with E-state index in [1.807, 2.05) is 0 Å². The van der Waals surface area contributed by atoms with E-state index >= 15 is 0 Å². The zero-order valence-electron chi connectivity index (χ0n) is 19.5. The number of fused-ring (bicyclic) bond motifs is 2. The van der Waals surface area contributed by atoms with E-state index in [1.54, 1.807) is 31.2 Å². The van der Waals surface area contributed by atoms with Gasteiger partial charge >= 0.3 is 5.97 Å². The first kappa shape index (κ1) is 27.5. The van der Waals surface area contributed by atoms with Gasteiger partial charge in [-0.05, 0) is 31.6 Å². The summed E-state index contributed by atoms with van der Waals surface area (Å²) in [5, 5.41) is 7.60. The number of rotatable bonds is 5. The SMILES string of the molecule is C=CC1NC(=O)/C(=C/C)NC(=O)c2cccc(n2)CNC(=O)C[C@@H](/C=C/CCSC(C)=O)OC1=O. The highest BCUT2D eigenvalue weighted by atomic mass is 32.2. The van der Waals surface area contributed by atoms with Gasteiger partial charge in [-0.2, -0.15) is 0 Å². The molecular formula is C24H28N4O6S. The summed E-state index contributed by atoms with van der Waals surface area (Å²) in [6.07, 6.45) is 5.30. The highest BCUT2D eigenvalue weighted by Crippen LogP contribution is 2.09. The van der Waals surface area contributed by atoms with Crippen molar-refractivity contribution in [3.05, 3.63) is 66.2 Å².